The van der Waals surface area contributed by atoms with Crippen molar-refractivity contribution >= 4 is 0 Å². The Morgan fingerprint density at radius 3 is 2.58 bits per heavy atom. The van der Waals surface area contributed by atoms with Crippen LogP contribution in [0.1, 0.15) is 47.9 Å². The molecule has 136 valence electrons. The first kappa shape index (κ1) is 18.3. The minimum Gasteiger partial charge on any atom is -0.507 e. The molecule has 1 aliphatic rings. The molecular formula is C24H28O2. The van der Waals surface area contributed by atoms with E-state index in [1.54, 1.807) is 0 Å². The van der Waals surface area contributed by atoms with Crippen LogP contribution in [-0.4, -0.2) is 10.2 Å². The van der Waals surface area contributed by atoms with E-state index in [1.807, 2.05) is 38.1 Å². The van der Waals surface area contributed by atoms with Gasteiger partial charge in [-0.2, -0.15) is 0 Å². The summed E-state index contributed by atoms with van der Waals surface area (Å²) in [6, 6.07) is 12.1. The van der Waals surface area contributed by atoms with E-state index in [1.165, 1.54) is 5.56 Å². The lowest BCUT2D eigenvalue weighted by atomic mass is 9.75. The molecule has 2 unspecified atom stereocenters. The molecule has 0 bridgehead atoms. The van der Waals surface area contributed by atoms with E-state index < -0.39 is 0 Å². The average Bonchev–Trinajstić information content (AvgIpc) is 2.65. The minimum atomic E-state index is -0.0110. The molecule has 0 aliphatic heterocycles. The maximum atomic E-state index is 10.9. The van der Waals surface area contributed by atoms with Crippen molar-refractivity contribution in [3.05, 3.63) is 83.0 Å². The van der Waals surface area contributed by atoms with Crippen LogP contribution in [0.15, 0.2) is 60.7 Å². The molecule has 3 rings (SSSR count). The van der Waals surface area contributed by atoms with Crippen molar-refractivity contribution in [1.82, 2.24) is 0 Å². The van der Waals surface area contributed by atoms with Gasteiger partial charge < -0.3 is 10.2 Å². The Labute approximate surface area is 156 Å². The lowest BCUT2D eigenvalue weighted by Gasteiger charge is -2.30. The van der Waals surface area contributed by atoms with Crippen LogP contribution in [0.3, 0.4) is 0 Å². The molecule has 2 N–H and O–H groups in total. The predicted molar refractivity (Wildman–Crippen MR) is 108 cm³/mol. The molecule has 26 heavy (non-hydrogen) atoms. The van der Waals surface area contributed by atoms with Crippen molar-refractivity contribution < 1.29 is 10.2 Å². The number of aromatic hydroxyl groups is 2. The van der Waals surface area contributed by atoms with Crippen LogP contribution in [0, 0.1) is 12.8 Å². The Morgan fingerprint density at radius 1 is 1.15 bits per heavy atom. The number of aryl methyl sites for hydroxylation is 2. The summed E-state index contributed by atoms with van der Waals surface area (Å²) in [6.07, 6.45) is 7.95. The third-order valence-electron chi connectivity index (χ3n) is 5.59. The Morgan fingerprint density at radius 2 is 1.88 bits per heavy atom. The Kier molecular flexibility index (Phi) is 5.51. The van der Waals surface area contributed by atoms with E-state index >= 15 is 0 Å². The van der Waals surface area contributed by atoms with Crippen LogP contribution in [0.25, 0.3) is 0 Å². The summed E-state index contributed by atoms with van der Waals surface area (Å²) in [5.41, 5.74) is 4.87. The standard InChI is InChI=1S/C24H28O2/c1-16(2)20-11-7-8-12-21(20)23-22(25)15-19(17(3)24(23)26)14-13-18-9-5-4-6-10-18/h4-6,8-10,12,15,20-21,25-26H,1,7,11,13-14H2,2-3H3. The molecule has 0 spiro atoms. The van der Waals surface area contributed by atoms with Gasteiger partial charge in [-0.3, -0.25) is 0 Å². The van der Waals surface area contributed by atoms with E-state index in [0.717, 1.165) is 42.4 Å². The zero-order valence-corrected chi connectivity index (χ0v) is 15.7. The van der Waals surface area contributed by atoms with Crippen molar-refractivity contribution in [2.45, 2.75) is 45.4 Å². The van der Waals surface area contributed by atoms with Gasteiger partial charge in [0, 0.05) is 11.5 Å². The quantitative estimate of drug-likeness (QED) is 0.669. The fourth-order valence-corrected chi connectivity index (χ4v) is 4.02. The molecule has 2 aromatic rings. The van der Waals surface area contributed by atoms with Crippen molar-refractivity contribution in [2.24, 2.45) is 5.92 Å². The zero-order valence-electron chi connectivity index (χ0n) is 15.7. The number of rotatable bonds is 5. The first-order valence-electron chi connectivity index (χ1n) is 9.39. The molecule has 2 heteroatoms. The lowest BCUT2D eigenvalue weighted by Crippen LogP contribution is -2.16. The molecule has 1 aliphatic carbocycles. The first-order chi connectivity index (χ1) is 12.5. The third-order valence-corrected chi connectivity index (χ3v) is 5.59. The highest BCUT2D eigenvalue weighted by molar-refractivity contribution is 5.56. The Hall–Kier alpha value is -2.48. The SMILES string of the molecule is C=C(C)C1CCC=CC1c1c(O)cc(CCc2ccccc2)c(C)c1O. The second kappa shape index (κ2) is 7.82. The van der Waals surface area contributed by atoms with Crippen LogP contribution in [0.2, 0.25) is 0 Å². The number of benzene rings is 2. The van der Waals surface area contributed by atoms with E-state index in [0.29, 0.717) is 5.56 Å². The summed E-state index contributed by atoms with van der Waals surface area (Å²) in [4.78, 5) is 0. The van der Waals surface area contributed by atoms with Gasteiger partial charge in [-0.05, 0) is 68.2 Å². The molecule has 0 fully saturated rings. The van der Waals surface area contributed by atoms with Crippen LogP contribution in [0.5, 0.6) is 11.5 Å². The van der Waals surface area contributed by atoms with Crippen molar-refractivity contribution in [1.29, 1.82) is 0 Å². The molecule has 2 aromatic carbocycles. The third kappa shape index (κ3) is 3.70. The van der Waals surface area contributed by atoms with Crippen LogP contribution in [-0.2, 0) is 12.8 Å². The van der Waals surface area contributed by atoms with Gasteiger partial charge in [-0.15, -0.1) is 0 Å². The average molecular weight is 348 g/mol. The van der Waals surface area contributed by atoms with Crippen LogP contribution in [0.4, 0.5) is 0 Å². The molecule has 2 atom stereocenters. The fourth-order valence-electron chi connectivity index (χ4n) is 4.02. The number of hydrogen-bond acceptors (Lipinski definition) is 2. The number of phenols is 2. The molecule has 2 nitrogen and oxygen atoms in total. The zero-order chi connectivity index (χ0) is 18.7. The fraction of sp³-hybridized carbons (Fsp3) is 0.333. The van der Waals surface area contributed by atoms with Crippen LogP contribution >= 0.6 is 0 Å². The molecule has 0 amide bonds. The van der Waals surface area contributed by atoms with Crippen molar-refractivity contribution in [2.75, 3.05) is 0 Å². The van der Waals surface area contributed by atoms with Crippen LogP contribution < -0.4 is 0 Å². The second-order valence-electron chi connectivity index (χ2n) is 7.41. The Balaban J connectivity index is 1.91. The summed E-state index contributed by atoms with van der Waals surface area (Å²) in [6.45, 7) is 8.10. The summed E-state index contributed by atoms with van der Waals surface area (Å²) < 4.78 is 0. The topological polar surface area (TPSA) is 40.5 Å². The number of phenolic OH excluding ortho intramolecular Hbond substituents is 2. The van der Waals surface area contributed by atoms with Gasteiger partial charge >= 0.3 is 0 Å². The molecule has 0 heterocycles. The molecule has 0 aromatic heterocycles. The molecule has 0 saturated heterocycles. The summed E-state index contributed by atoms with van der Waals surface area (Å²) in [7, 11) is 0. The Bertz CT molecular complexity index is 818. The predicted octanol–water partition coefficient (Wildman–Crippen LogP) is 5.82. The van der Waals surface area contributed by atoms with Gasteiger partial charge in [0.05, 0.1) is 0 Å². The number of allylic oxidation sites excluding steroid dienone is 3. The molecule has 0 radical (unpaired) electrons. The van der Waals surface area contributed by atoms with Gasteiger partial charge in [0.15, 0.2) is 0 Å². The molecule has 0 saturated carbocycles. The summed E-state index contributed by atoms with van der Waals surface area (Å²) >= 11 is 0. The van der Waals surface area contributed by atoms with Gasteiger partial charge in [0.25, 0.3) is 0 Å². The second-order valence-corrected chi connectivity index (χ2v) is 7.41. The van der Waals surface area contributed by atoms with Crippen molar-refractivity contribution in [3.8, 4) is 11.5 Å². The highest BCUT2D eigenvalue weighted by atomic mass is 16.3. The largest absolute Gasteiger partial charge is 0.507 e. The lowest BCUT2D eigenvalue weighted by molar-refractivity contribution is 0.406. The van der Waals surface area contributed by atoms with Gasteiger partial charge in [-0.1, -0.05) is 54.6 Å². The molecular weight excluding hydrogens is 320 g/mol. The monoisotopic (exact) mass is 348 g/mol. The van der Waals surface area contributed by atoms with E-state index in [-0.39, 0.29) is 23.3 Å². The highest BCUT2D eigenvalue weighted by Crippen LogP contribution is 2.46. The van der Waals surface area contributed by atoms with E-state index in [2.05, 4.69) is 30.9 Å². The van der Waals surface area contributed by atoms with Gasteiger partial charge in [-0.25, -0.2) is 0 Å². The summed E-state index contributed by atoms with van der Waals surface area (Å²) in [5.74, 6) is 0.671. The smallest absolute Gasteiger partial charge is 0.126 e. The normalized spacial score (nSPS) is 19.5. The summed E-state index contributed by atoms with van der Waals surface area (Å²) in [5, 5.41) is 21.6. The van der Waals surface area contributed by atoms with E-state index in [9.17, 15) is 10.2 Å². The number of hydrogen-bond donors (Lipinski definition) is 2. The maximum Gasteiger partial charge on any atom is 0.126 e. The highest BCUT2D eigenvalue weighted by Gasteiger charge is 2.29. The minimum absolute atomic E-state index is 0.0110. The van der Waals surface area contributed by atoms with Gasteiger partial charge in [0.2, 0.25) is 0 Å². The maximum absolute atomic E-state index is 10.9. The van der Waals surface area contributed by atoms with E-state index in [4.69, 9.17) is 0 Å². The van der Waals surface area contributed by atoms with Crippen molar-refractivity contribution in [3.63, 3.8) is 0 Å². The van der Waals surface area contributed by atoms with Gasteiger partial charge in [0.1, 0.15) is 11.5 Å². The first-order valence-corrected chi connectivity index (χ1v) is 9.39.